The van der Waals surface area contributed by atoms with E-state index in [4.69, 9.17) is 17.4 Å². The Morgan fingerprint density at radius 3 is 2.96 bits per heavy atom. The first-order valence-corrected chi connectivity index (χ1v) is 7.64. The first-order valence-electron chi connectivity index (χ1n) is 7.64. The zero-order valence-electron chi connectivity index (χ0n) is 13.6. The van der Waals surface area contributed by atoms with E-state index in [1.54, 1.807) is 11.0 Å². The molecule has 3 rings (SSSR count). The molecule has 1 aromatic rings. The summed E-state index contributed by atoms with van der Waals surface area (Å²) in [7, 11) is 5.81. The number of fused-ring (bicyclic) bond motifs is 1. The van der Waals surface area contributed by atoms with E-state index in [9.17, 15) is 9.18 Å². The summed E-state index contributed by atoms with van der Waals surface area (Å²) in [4.78, 5) is 19.3. The van der Waals surface area contributed by atoms with Crippen LogP contribution >= 0.6 is 0 Å². The summed E-state index contributed by atoms with van der Waals surface area (Å²) in [5.74, 6) is -0.431. The van der Waals surface area contributed by atoms with Crippen LogP contribution in [0.5, 0.6) is 0 Å². The number of rotatable bonds is 1. The molecule has 2 atom stereocenters. The topological polar surface area (TPSA) is 50.8 Å². The van der Waals surface area contributed by atoms with Gasteiger partial charge in [-0.1, -0.05) is 17.6 Å². The van der Waals surface area contributed by atoms with Gasteiger partial charge in [0.25, 0.3) is 0 Å². The van der Waals surface area contributed by atoms with Gasteiger partial charge in [-0.3, -0.25) is 0 Å². The third-order valence-corrected chi connectivity index (χ3v) is 4.24. The van der Waals surface area contributed by atoms with E-state index >= 15 is 0 Å². The highest BCUT2D eigenvalue weighted by molar-refractivity contribution is 6.32. The van der Waals surface area contributed by atoms with Gasteiger partial charge in [0.15, 0.2) is 0 Å². The number of hydrogen-bond donors (Lipinski definition) is 1. The normalized spacial score (nSPS) is 27.1. The van der Waals surface area contributed by atoms with Gasteiger partial charge in [0, 0.05) is 24.6 Å². The fourth-order valence-corrected chi connectivity index (χ4v) is 3.21. The number of hydrogen-bond acceptors (Lipinski definition) is 4. The molecule has 122 valence electrons. The summed E-state index contributed by atoms with van der Waals surface area (Å²) in [5.41, 5.74) is 2.44. The van der Waals surface area contributed by atoms with E-state index in [1.807, 2.05) is 20.8 Å². The van der Waals surface area contributed by atoms with Crippen LogP contribution in [0, 0.1) is 11.7 Å². The minimum absolute atomic E-state index is 0.0636. The third kappa shape index (κ3) is 2.95. The van der Waals surface area contributed by atoms with Gasteiger partial charge in [0.2, 0.25) is 0 Å². The van der Waals surface area contributed by atoms with E-state index in [0.29, 0.717) is 24.2 Å². The van der Waals surface area contributed by atoms with Crippen LogP contribution in [0.2, 0.25) is 0 Å². The second kappa shape index (κ2) is 5.49. The quantitative estimate of drug-likeness (QED) is 0.791. The highest BCUT2D eigenvalue weighted by atomic mass is 19.1. The standard InChI is InChI=1S/C16H20BFN2O3/c1-15(2,3)23-14(21)20-7-10-8-22-19-16(10,9-20)12-6-11(17)4-5-13(12)18/h4-6,10,19H,7-9H2,1-3H3. The number of nitrogens with one attached hydrogen (secondary N) is 1. The van der Waals surface area contributed by atoms with Gasteiger partial charge < -0.3 is 14.5 Å². The summed E-state index contributed by atoms with van der Waals surface area (Å²) in [6.45, 7) is 6.56. The van der Waals surface area contributed by atoms with E-state index < -0.39 is 17.2 Å². The van der Waals surface area contributed by atoms with Crippen LogP contribution in [0.4, 0.5) is 9.18 Å². The first kappa shape index (κ1) is 16.3. The van der Waals surface area contributed by atoms with Crippen molar-refractivity contribution in [2.75, 3.05) is 19.7 Å². The molecule has 0 aliphatic carbocycles. The molecule has 2 fully saturated rings. The molecule has 7 heteroatoms. The van der Waals surface area contributed by atoms with Gasteiger partial charge in [-0.05, 0) is 26.8 Å². The Hall–Kier alpha value is -1.60. The molecule has 2 aliphatic heterocycles. The molecule has 1 aromatic carbocycles. The van der Waals surface area contributed by atoms with Gasteiger partial charge in [-0.15, -0.1) is 0 Å². The van der Waals surface area contributed by atoms with Crippen molar-refractivity contribution in [3.63, 3.8) is 0 Å². The zero-order valence-corrected chi connectivity index (χ0v) is 13.6. The van der Waals surface area contributed by atoms with E-state index in [2.05, 4.69) is 5.48 Å². The summed E-state index contributed by atoms with van der Waals surface area (Å²) in [6, 6.07) is 4.45. The summed E-state index contributed by atoms with van der Waals surface area (Å²) >= 11 is 0. The van der Waals surface area contributed by atoms with Crippen LogP contribution in [0.25, 0.3) is 0 Å². The monoisotopic (exact) mass is 318 g/mol. The Morgan fingerprint density at radius 2 is 2.26 bits per heavy atom. The highest BCUT2D eigenvalue weighted by Crippen LogP contribution is 2.41. The molecule has 1 N–H and O–H groups in total. The van der Waals surface area contributed by atoms with Crippen molar-refractivity contribution in [2.24, 2.45) is 5.92 Å². The van der Waals surface area contributed by atoms with Crippen molar-refractivity contribution < 1.29 is 18.8 Å². The lowest BCUT2D eigenvalue weighted by molar-refractivity contribution is 0.0149. The molecule has 5 nitrogen and oxygen atoms in total. The Kier molecular flexibility index (Phi) is 3.88. The maximum Gasteiger partial charge on any atom is 0.410 e. The fourth-order valence-electron chi connectivity index (χ4n) is 3.21. The average molecular weight is 318 g/mol. The van der Waals surface area contributed by atoms with Crippen LogP contribution in [0.3, 0.4) is 0 Å². The van der Waals surface area contributed by atoms with E-state index in [1.165, 1.54) is 12.1 Å². The SMILES string of the molecule is [B]c1ccc(F)c(C23CN(C(=O)OC(C)(C)C)CC2CON3)c1. The maximum absolute atomic E-state index is 14.4. The van der Waals surface area contributed by atoms with Crippen molar-refractivity contribution in [2.45, 2.75) is 31.9 Å². The minimum atomic E-state index is -0.795. The number of benzene rings is 1. The molecule has 2 heterocycles. The van der Waals surface area contributed by atoms with Gasteiger partial charge >= 0.3 is 6.09 Å². The van der Waals surface area contributed by atoms with Gasteiger partial charge in [-0.25, -0.2) is 9.18 Å². The van der Waals surface area contributed by atoms with Crippen molar-refractivity contribution in [3.8, 4) is 0 Å². The molecule has 2 aliphatic rings. The summed E-state index contributed by atoms with van der Waals surface area (Å²) < 4.78 is 19.8. The largest absolute Gasteiger partial charge is 0.444 e. The smallest absolute Gasteiger partial charge is 0.410 e. The highest BCUT2D eigenvalue weighted by Gasteiger charge is 2.55. The van der Waals surface area contributed by atoms with Crippen LogP contribution in [-0.2, 0) is 15.1 Å². The van der Waals surface area contributed by atoms with Crippen LogP contribution in [0.15, 0.2) is 18.2 Å². The Balaban J connectivity index is 1.89. The molecule has 0 saturated carbocycles. The zero-order chi connectivity index (χ0) is 16.8. The van der Waals surface area contributed by atoms with Crippen molar-refractivity contribution in [1.29, 1.82) is 0 Å². The summed E-state index contributed by atoms with van der Waals surface area (Å²) in [5, 5.41) is 0. The van der Waals surface area contributed by atoms with Gasteiger partial charge in [-0.2, -0.15) is 5.48 Å². The number of halogens is 1. The van der Waals surface area contributed by atoms with Crippen LogP contribution < -0.4 is 10.9 Å². The lowest BCUT2D eigenvalue weighted by Gasteiger charge is -2.29. The van der Waals surface area contributed by atoms with Crippen molar-refractivity contribution in [1.82, 2.24) is 10.4 Å². The molecular formula is C16H20BFN2O3. The third-order valence-electron chi connectivity index (χ3n) is 4.24. The molecule has 1 amide bonds. The van der Waals surface area contributed by atoms with E-state index in [0.717, 1.165) is 0 Å². The molecule has 0 bridgehead atoms. The van der Waals surface area contributed by atoms with Crippen LogP contribution in [-0.4, -0.2) is 44.1 Å². The molecule has 2 unspecified atom stereocenters. The van der Waals surface area contributed by atoms with Crippen LogP contribution in [0.1, 0.15) is 26.3 Å². The predicted octanol–water partition coefficient (Wildman–Crippen LogP) is 1.22. The Bertz CT molecular complexity index is 634. The minimum Gasteiger partial charge on any atom is -0.444 e. The number of nitrogens with zero attached hydrogens (tertiary/aromatic N) is 1. The number of carbonyl (C=O) groups is 1. The number of hydroxylamine groups is 1. The molecule has 23 heavy (non-hydrogen) atoms. The number of likely N-dealkylation sites (tertiary alicyclic amines) is 1. The Morgan fingerprint density at radius 1 is 1.52 bits per heavy atom. The molecule has 2 saturated heterocycles. The van der Waals surface area contributed by atoms with Crippen molar-refractivity contribution in [3.05, 3.63) is 29.6 Å². The molecule has 0 spiro atoms. The molecular weight excluding hydrogens is 298 g/mol. The van der Waals surface area contributed by atoms with Gasteiger partial charge in [0.1, 0.15) is 19.3 Å². The van der Waals surface area contributed by atoms with Crippen molar-refractivity contribution >= 4 is 19.4 Å². The molecule has 2 radical (unpaired) electrons. The number of amides is 1. The molecule has 0 aromatic heterocycles. The first-order chi connectivity index (χ1) is 10.7. The predicted molar refractivity (Wildman–Crippen MR) is 83.9 cm³/mol. The Labute approximate surface area is 136 Å². The summed E-state index contributed by atoms with van der Waals surface area (Å²) in [6.07, 6.45) is -0.405. The van der Waals surface area contributed by atoms with E-state index in [-0.39, 0.29) is 18.3 Å². The number of ether oxygens (including phenoxy) is 1. The average Bonchev–Trinajstić information content (AvgIpc) is 2.97. The number of carbonyl (C=O) groups excluding carboxylic acids is 1. The lowest BCUT2D eigenvalue weighted by Crippen LogP contribution is -2.45. The second-order valence-corrected chi connectivity index (χ2v) is 7.18. The van der Waals surface area contributed by atoms with Gasteiger partial charge in [0.05, 0.1) is 12.1 Å². The fraction of sp³-hybridized carbons (Fsp3) is 0.562. The maximum atomic E-state index is 14.4. The second-order valence-electron chi connectivity index (χ2n) is 7.18. The lowest BCUT2D eigenvalue weighted by atomic mass is 9.80.